The first-order valence-corrected chi connectivity index (χ1v) is 7.20. The summed E-state index contributed by atoms with van der Waals surface area (Å²) < 4.78 is 19.1. The van der Waals surface area contributed by atoms with Crippen molar-refractivity contribution in [3.05, 3.63) is 35.0 Å². The molecule has 0 saturated heterocycles. The first-order valence-electron chi connectivity index (χ1n) is 6.32. The maximum Gasteiger partial charge on any atom is 0.140 e. The van der Waals surface area contributed by atoms with Crippen molar-refractivity contribution in [3.63, 3.8) is 0 Å². The van der Waals surface area contributed by atoms with Gasteiger partial charge in [0.25, 0.3) is 0 Å². The smallest absolute Gasteiger partial charge is 0.140 e. The first-order chi connectivity index (χ1) is 9.27. The van der Waals surface area contributed by atoms with Crippen molar-refractivity contribution in [3.8, 4) is 6.07 Å². The topological polar surface area (TPSA) is 33.0 Å². The van der Waals surface area contributed by atoms with Crippen LogP contribution in [0.2, 0.25) is 0 Å². The van der Waals surface area contributed by atoms with Crippen molar-refractivity contribution in [2.75, 3.05) is 13.7 Å². The number of rotatable bonds is 4. The highest BCUT2D eigenvalue weighted by Gasteiger charge is 2.16. The highest BCUT2D eigenvalue weighted by Crippen LogP contribution is 2.34. The second-order valence-corrected chi connectivity index (χ2v) is 4.65. The molecule has 4 heteroatoms. The van der Waals surface area contributed by atoms with Crippen LogP contribution in [0.25, 0.3) is 10.1 Å². The van der Waals surface area contributed by atoms with E-state index in [1.807, 2.05) is 25.3 Å². The standard InChI is InChI=1S/C13H12FNOS.C2H6/c1-16-6-5-9(7-15)11-8-17-13-10(11)3-2-4-12(13)14;1-2/h2-4,8-9H,5-6H2,1H3;1-2H3. The molecule has 2 rings (SSSR count). The van der Waals surface area contributed by atoms with Crippen LogP contribution in [0.1, 0.15) is 31.7 Å². The van der Waals surface area contributed by atoms with Gasteiger partial charge in [0, 0.05) is 13.7 Å². The Morgan fingerprint density at radius 3 is 2.79 bits per heavy atom. The molecule has 1 heterocycles. The molecule has 0 bridgehead atoms. The van der Waals surface area contributed by atoms with Gasteiger partial charge in [0.1, 0.15) is 5.82 Å². The van der Waals surface area contributed by atoms with Crippen LogP contribution in [-0.4, -0.2) is 13.7 Å². The zero-order valence-electron chi connectivity index (χ0n) is 11.4. The Labute approximate surface area is 117 Å². The summed E-state index contributed by atoms with van der Waals surface area (Å²) in [5.74, 6) is -0.451. The summed E-state index contributed by atoms with van der Waals surface area (Å²) in [5.41, 5.74) is 0.907. The van der Waals surface area contributed by atoms with Crippen molar-refractivity contribution in [2.24, 2.45) is 0 Å². The molecule has 0 aliphatic rings. The SMILES string of the molecule is CC.COCCC(C#N)c1csc2c(F)cccc12. The fraction of sp³-hybridized carbons (Fsp3) is 0.400. The van der Waals surface area contributed by atoms with Crippen LogP contribution < -0.4 is 0 Å². The summed E-state index contributed by atoms with van der Waals surface area (Å²) in [7, 11) is 1.61. The van der Waals surface area contributed by atoms with Crippen molar-refractivity contribution >= 4 is 21.4 Å². The minimum absolute atomic E-state index is 0.220. The Kier molecular flexibility index (Phi) is 6.48. The number of hydrogen-bond donors (Lipinski definition) is 0. The average molecular weight is 279 g/mol. The predicted octanol–water partition coefficient (Wildman–Crippen LogP) is 4.71. The van der Waals surface area contributed by atoms with E-state index in [9.17, 15) is 4.39 Å². The molecular weight excluding hydrogens is 261 g/mol. The van der Waals surface area contributed by atoms with Gasteiger partial charge in [-0.2, -0.15) is 5.26 Å². The molecule has 1 aromatic heterocycles. The number of methoxy groups -OCH3 is 1. The van der Waals surface area contributed by atoms with Crippen LogP contribution in [0.3, 0.4) is 0 Å². The van der Waals surface area contributed by atoms with E-state index in [0.29, 0.717) is 17.7 Å². The van der Waals surface area contributed by atoms with Crippen LogP contribution in [-0.2, 0) is 4.74 Å². The molecule has 1 unspecified atom stereocenters. The molecule has 0 aliphatic heterocycles. The largest absolute Gasteiger partial charge is 0.385 e. The normalized spacial score (nSPS) is 11.5. The minimum atomic E-state index is -0.231. The van der Waals surface area contributed by atoms with E-state index in [0.717, 1.165) is 10.9 Å². The summed E-state index contributed by atoms with van der Waals surface area (Å²) in [4.78, 5) is 0. The third-order valence-corrected chi connectivity index (χ3v) is 3.75. The fourth-order valence-corrected chi connectivity index (χ4v) is 2.87. The Bertz CT molecular complexity index is 559. The summed E-state index contributed by atoms with van der Waals surface area (Å²) in [5, 5.41) is 11.9. The van der Waals surface area contributed by atoms with Crippen LogP contribution in [0, 0.1) is 17.1 Å². The summed E-state index contributed by atoms with van der Waals surface area (Å²) in [6, 6.07) is 7.24. The molecule has 0 amide bonds. The quantitative estimate of drug-likeness (QED) is 0.812. The third kappa shape index (κ3) is 3.52. The van der Waals surface area contributed by atoms with Gasteiger partial charge in [-0.3, -0.25) is 0 Å². The first kappa shape index (κ1) is 15.6. The van der Waals surface area contributed by atoms with Crippen LogP contribution in [0.5, 0.6) is 0 Å². The zero-order chi connectivity index (χ0) is 14.3. The van der Waals surface area contributed by atoms with Crippen molar-refractivity contribution in [1.82, 2.24) is 0 Å². The molecule has 2 nitrogen and oxygen atoms in total. The highest BCUT2D eigenvalue weighted by atomic mass is 32.1. The maximum atomic E-state index is 13.5. The summed E-state index contributed by atoms with van der Waals surface area (Å²) in [6.45, 7) is 4.53. The van der Waals surface area contributed by atoms with E-state index in [4.69, 9.17) is 10.00 Å². The van der Waals surface area contributed by atoms with Gasteiger partial charge in [0.05, 0.1) is 16.7 Å². The van der Waals surface area contributed by atoms with Gasteiger partial charge in [-0.05, 0) is 28.8 Å². The lowest BCUT2D eigenvalue weighted by molar-refractivity contribution is 0.192. The second-order valence-electron chi connectivity index (χ2n) is 3.77. The second kappa shape index (κ2) is 7.88. The Morgan fingerprint density at radius 2 is 2.16 bits per heavy atom. The number of thiophene rings is 1. The molecule has 0 N–H and O–H groups in total. The van der Waals surface area contributed by atoms with Gasteiger partial charge >= 0.3 is 0 Å². The van der Waals surface area contributed by atoms with Gasteiger partial charge in [-0.15, -0.1) is 11.3 Å². The van der Waals surface area contributed by atoms with E-state index < -0.39 is 0 Å². The van der Waals surface area contributed by atoms with Crippen LogP contribution >= 0.6 is 11.3 Å². The highest BCUT2D eigenvalue weighted by molar-refractivity contribution is 7.17. The lowest BCUT2D eigenvalue weighted by Gasteiger charge is -2.07. The van der Waals surface area contributed by atoms with Crippen molar-refractivity contribution < 1.29 is 9.13 Å². The molecule has 1 atom stereocenters. The zero-order valence-corrected chi connectivity index (χ0v) is 12.3. The average Bonchev–Trinajstić information content (AvgIpc) is 2.88. The summed E-state index contributed by atoms with van der Waals surface area (Å²) >= 11 is 1.35. The molecule has 0 spiro atoms. The maximum absolute atomic E-state index is 13.5. The molecule has 0 fully saturated rings. The van der Waals surface area contributed by atoms with Gasteiger partial charge in [-0.25, -0.2) is 4.39 Å². The van der Waals surface area contributed by atoms with Crippen molar-refractivity contribution in [2.45, 2.75) is 26.2 Å². The monoisotopic (exact) mass is 279 g/mol. The van der Waals surface area contributed by atoms with E-state index in [-0.39, 0.29) is 11.7 Å². The Balaban J connectivity index is 0.000000861. The fourth-order valence-electron chi connectivity index (χ4n) is 1.84. The Morgan fingerprint density at radius 1 is 1.42 bits per heavy atom. The summed E-state index contributed by atoms with van der Waals surface area (Å²) in [6.07, 6.45) is 0.634. The van der Waals surface area contributed by atoms with Gasteiger partial charge in [-0.1, -0.05) is 26.0 Å². The minimum Gasteiger partial charge on any atom is -0.385 e. The Hall–Kier alpha value is -1.44. The molecular formula is C15H18FNOS. The lowest BCUT2D eigenvalue weighted by atomic mass is 9.97. The number of nitrogens with zero attached hydrogens (tertiary/aromatic N) is 1. The molecule has 0 radical (unpaired) electrons. The molecule has 0 saturated carbocycles. The number of hydrogen-bond acceptors (Lipinski definition) is 3. The van der Waals surface area contributed by atoms with Gasteiger partial charge < -0.3 is 4.74 Å². The molecule has 102 valence electrons. The van der Waals surface area contributed by atoms with Gasteiger partial charge in [0.15, 0.2) is 0 Å². The number of fused-ring (bicyclic) bond motifs is 1. The third-order valence-electron chi connectivity index (χ3n) is 2.72. The predicted molar refractivity (Wildman–Crippen MR) is 78.0 cm³/mol. The molecule has 2 aromatic rings. The number of halogens is 1. The van der Waals surface area contributed by atoms with E-state index >= 15 is 0 Å². The van der Waals surface area contributed by atoms with E-state index in [1.165, 1.54) is 17.4 Å². The number of benzene rings is 1. The molecule has 1 aromatic carbocycles. The van der Waals surface area contributed by atoms with E-state index in [1.54, 1.807) is 13.2 Å². The molecule has 19 heavy (non-hydrogen) atoms. The van der Waals surface area contributed by atoms with Gasteiger partial charge in [0.2, 0.25) is 0 Å². The number of nitriles is 1. The van der Waals surface area contributed by atoms with Crippen LogP contribution in [0.4, 0.5) is 4.39 Å². The van der Waals surface area contributed by atoms with Crippen molar-refractivity contribution in [1.29, 1.82) is 5.26 Å². The van der Waals surface area contributed by atoms with Crippen LogP contribution in [0.15, 0.2) is 23.6 Å². The molecule has 0 aliphatic carbocycles. The number of ether oxygens (including phenoxy) is 1. The van der Waals surface area contributed by atoms with E-state index in [2.05, 4.69) is 6.07 Å². The lowest BCUT2D eigenvalue weighted by Crippen LogP contribution is -1.99.